The molecule has 1 saturated heterocycles. The first-order valence-corrected chi connectivity index (χ1v) is 10.4. The van der Waals surface area contributed by atoms with Gasteiger partial charge in [0.1, 0.15) is 5.75 Å². The fourth-order valence-corrected chi connectivity index (χ4v) is 5.21. The zero-order valence-corrected chi connectivity index (χ0v) is 16.5. The summed E-state index contributed by atoms with van der Waals surface area (Å²) in [5, 5.41) is 4.49. The molecule has 3 aliphatic heterocycles. The molecule has 0 bridgehead atoms. The second-order valence-corrected chi connectivity index (χ2v) is 9.04. The lowest BCUT2D eigenvalue weighted by Gasteiger charge is -2.50. The van der Waals surface area contributed by atoms with Gasteiger partial charge in [0.05, 0.1) is 49.6 Å². The molecule has 130 valence electrons. The zero-order chi connectivity index (χ0) is 17.0. The van der Waals surface area contributed by atoms with Crippen molar-refractivity contribution in [3.8, 4) is 5.75 Å². The third-order valence-electron chi connectivity index (χ3n) is 5.54. The van der Waals surface area contributed by atoms with Gasteiger partial charge in [-0.3, -0.25) is 0 Å². The number of benzene rings is 1. The van der Waals surface area contributed by atoms with Crippen LogP contribution in [-0.4, -0.2) is 30.9 Å². The molecular weight excluding hydrogens is 398 g/mol. The van der Waals surface area contributed by atoms with Crippen LogP contribution in [0.3, 0.4) is 0 Å². The van der Waals surface area contributed by atoms with Crippen molar-refractivity contribution < 1.29 is 9.64 Å². The molecule has 0 aliphatic carbocycles. The van der Waals surface area contributed by atoms with Gasteiger partial charge in [0.25, 0.3) is 0 Å². The van der Waals surface area contributed by atoms with Gasteiger partial charge in [-0.05, 0) is 35.7 Å². The summed E-state index contributed by atoms with van der Waals surface area (Å²) >= 11 is 5.39. The molecule has 0 saturated carbocycles. The highest BCUT2D eigenvalue weighted by Crippen LogP contribution is 2.48. The van der Waals surface area contributed by atoms with Gasteiger partial charge >= 0.3 is 0 Å². The van der Waals surface area contributed by atoms with E-state index in [0.717, 1.165) is 36.2 Å². The maximum atomic E-state index is 6.64. The van der Waals surface area contributed by atoms with Crippen LogP contribution < -0.4 is 15.1 Å². The molecule has 3 aliphatic rings. The smallest absolute Gasteiger partial charge is 0.191 e. The fraction of sp³-hybridized carbons (Fsp3) is 0.368. The van der Waals surface area contributed by atoms with E-state index in [1.807, 2.05) is 0 Å². The fourth-order valence-electron chi connectivity index (χ4n) is 4.13. The number of hydrazine groups is 1. The van der Waals surface area contributed by atoms with E-state index < -0.39 is 0 Å². The Morgan fingerprint density at radius 3 is 2.92 bits per heavy atom. The molecule has 1 atom stereocenters. The highest BCUT2D eigenvalue weighted by molar-refractivity contribution is 9.10. The molecule has 25 heavy (non-hydrogen) atoms. The maximum absolute atomic E-state index is 6.64. The summed E-state index contributed by atoms with van der Waals surface area (Å²) in [6.45, 7) is 2.26. The SMILES string of the molecule is C[NH+]1CCC2(CC1)Oc1ccc(Br)cc1[C@H]1C=C(c3cccs3)NN12. The van der Waals surface area contributed by atoms with Crippen molar-refractivity contribution in [3.05, 3.63) is 56.7 Å². The molecule has 1 aromatic carbocycles. The molecule has 5 rings (SSSR count). The summed E-state index contributed by atoms with van der Waals surface area (Å²) in [4.78, 5) is 2.86. The second-order valence-electron chi connectivity index (χ2n) is 7.17. The van der Waals surface area contributed by atoms with Gasteiger partial charge in [-0.15, -0.1) is 11.3 Å². The van der Waals surface area contributed by atoms with Crippen LogP contribution in [0.2, 0.25) is 0 Å². The van der Waals surface area contributed by atoms with E-state index in [1.165, 1.54) is 16.1 Å². The summed E-state index contributed by atoms with van der Waals surface area (Å²) in [6, 6.07) is 10.9. The van der Waals surface area contributed by atoms with E-state index in [4.69, 9.17) is 4.74 Å². The number of hydrogen-bond acceptors (Lipinski definition) is 4. The normalized spacial score (nSPS) is 31.0. The van der Waals surface area contributed by atoms with Crippen molar-refractivity contribution in [2.24, 2.45) is 0 Å². The molecule has 4 nitrogen and oxygen atoms in total. The van der Waals surface area contributed by atoms with Crippen molar-refractivity contribution in [1.29, 1.82) is 0 Å². The largest absolute Gasteiger partial charge is 0.470 e. The number of quaternary nitrogens is 1. The summed E-state index contributed by atoms with van der Waals surface area (Å²) < 4.78 is 7.74. The van der Waals surface area contributed by atoms with E-state index in [2.05, 4.69) is 75.2 Å². The van der Waals surface area contributed by atoms with Gasteiger partial charge < -0.3 is 15.1 Å². The van der Waals surface area contributed by atoms with Gasteiger partial charge in [-0.25, -0.2) is 0 Å². The molecule has 2 N–H and O–H groups in total. The molecule has 0 radical (unpaired) electrons. The third-order valence-corrected chi connectivity index (χ3v) is 6.94. The number of piperidine rings is 1. The maximum Gasteiger partial charge on any atom is 0.191 e. The molecule has 6 heteroatoms. The lowest BCUT2D eigenvalue weighted by molar-refractivity contribution is -0.888. The standard InChI is InChI=1S/C19H20BrN3OS/c1-22-8-6-19(7-9-22)23-16(12-15(21-23)18-3-2-10-25-18)14-11-13(20)4-5-17(14)24-19/h2-5,10-12,16,21H,6-9H2,1H3/p+1/t16-/m1/s1. The second kappa shape index (κ2) is 5.84. The summed E-state index contributed by atoms with van der Waals surface area (Å²) in [7, 11) is 2.27. The van der Waals surface area contributed by atoms with E-state index in [-0.39, 0.29) is 11.8 Å². The first-order valence-electron chi connectivity index (χ1n) is 8.76. The van der Waals surface area contributed by atoms with Crippen molar-refractivity contribution in [2.45, 2.75) is 24.6 Å². The van der Waals surface area contributed by atoms with Gasteiger partial charge in [0.2, 0.25) is 0 Å². The van der Waals surface area contributed by atoms with Gasteiger partial charge in [0.15, 0.2) is 5.72 Å². The van der Waals surface area contributed by atoms with E-state index >= 15 is 0 Å². The number of nitrogens with zero attached hydrogens (tertiary/aromatic N) is 1. The monoisotopic (exact) mass is 418 g/mol. The number of likely N-dealkylation sites (tertiary alicyclic amines) is 1. The Balaban J connectivity index is 1.60. The van der Waals surface area contributed by atoms with E-state index in [1.54, 1.807) is 16.2 Å². The topological polar surface area (TPSA) is 28.9 Å². The minimum absolute atomic E-state index is 0.205. The summed E-state index contributed by atoms with van der Waals surface area (Å²) in [5.41, 5.74) is 5.85. The molecule has 0 unspecified atom stereocenters. The Bertz CT molecular complexity index is 827. The predicted molar refractivity (Wildman–Crippen MR) is 103 cm³/mol. The van der Waals surface area contributed by atoms with Crippen LogP contribution in [0.25, 0.3) is 5.70 Å². The Morgan fingerprint density at radius 2 is 2.16 bits per heavy atom. The molecular formula is C19H21BrN3OS+. The van der Waals surface area contributed by atoms with Crippen LogP contribution in [0.15, 0.2) is 46.3 Å². The Hall–Kier alpha value is -1.34. The van der Waals surface area contributed by atoms with Crippen molar-refractivity contribution in [1.82, 2.24) is 10.4 Å². The van der Waals surface area contributed by atoms with Gasteiger partial charge in [-0.2, -0.15) is 5.01 Å². The van der Waals surface area contributed by atoms with Crippen LogP contribution in [0.4, 0.5) is 0 Å². The molecule has 2 aromatic rings. The summed E-state index contributed by atoms with van der Waals surface area (Å²) in [6.07, 6.45) is 4.42. The van der Waals surface area contributed by atoms with Crippen molar-refractivity contribution in [3.63, 3.8) is 0 Å². The van der Waals surface area contributed by atoms with Crippen LogP contribution in [0.5, 0.6) is 5.75 Å². The van der Waals surface area contributed by atoms with Crippen LogP contribution >= 0.6 is 27.3 Å². The Labute approximate surface area is 160 Å². The molecule has 0 amide bonds. The van der Waals surface area contributed by atoms with E-state index in [9.17, 15) is 0 Å². The first-order chi connectivity index (χ1) is 12.1. The van der Waals surface area contributed by atoms with Crippen molar-refractivity contribution >= 4 is 33.0 Å². The predicted octanol–water partition coefficient (Wildman–Crippen LogP) is 2.81. The molecule has 1 aromatic heterocycles. The Morgan fingerprint density at radius 1 is 1.32 bits per heavy atom. The highest BCUT2D eigenvalue weighted by Gasteiger charge is 2.52. The minimum atomic E-state index is -0.263. The zero-order valence-electron chi connectivity index (χ0n) is 14.1. The van der Waals surface area contributed by atoms with E-state index in [0.29, 0.717) is 0 Å². The number of nitrogens with one attached hydrogen (secondary N) is 2. The average molecular weight is 419 g/mol. The number of thiophene rings is 1. The molecule has 4 heterocycles. The number of ether oxygens (including phenoxy) is 1. The highest BCUT2D eigenvalue weighted by atomic mass is 79.9. The molecule has 1 fully saturated rings. The number of fused-ring (bicyclic) bond motifs is 4. The Kier molecular flexibility index (Phi) is 3.71. The quantitative estimate of drug-likeness (QED) is 0.745. The lowest BCUT2D eigenvalue weighted by atomic mass is 9.93. The van der Waals surface area contributed by atoms with Crippen LogP contribution in [-0.2, 0) is 0 Å². The summed E-state index contributed by atoms with van der Waals surface area (Å²) in [5.74, 6) is 1.02. The van der Waals surface area contributed by atoms with Crippen LogP contribution in [0.1, 0.15) is 29.3 Å². The van der Waals surface area contributed by atoms with Crippen molar-refractivity contribution in [2.75, 3.05) is 20.1 Å². The lowest BCUT2D eigenvalue weighted by Crippen LogP contribution is -3.11. The van der Waals surface area contributed by atoms with Gasteiger partial charge in [-0.1, -0.05) is 22.0 Å². The number of rotatable bonds is 1. The molecule has 1 spiro atoms. The van der Waals surface area contributed by atoms with Crippen LogP contribution in [0, 0.1) is 0 Å². The number of hydrogen-bond donors (Lipinski definition) is 2. The average Bonchev–Trinajstić information content (AvgIpc) is 3.28. The van der Waals surface area contributed by atoms with Gasteiger partial charge in [0, 0.05) is 10.0 Å². The third kappa shape index (κ3) is 2.54. The number of halogens is 1. The first kappa shape index (κ1) is 15.9. The minimum Gasteiger partial charge on any atom is -0.470 e.